The van der Waals surface area contributed by atoms with Crippen molar-refractivity contribution in [1.82, 2.24) is 0 Å². The standard InChI is InChI=1S/C29H27Cl2FO6.Na/c30-20-8-5-19(26(15-20)36-13-2-12-32)3-1-4-25(33)18-6-9-21(10-7-18)38-28-17-27-23(16-24(28)31)22(29(34)35)11-14-37-27;/h5-10,15-17,22H,1-4,11-14H2,(H,34,35);/q;+1/p-1. The second kappa shape index (κ2) is 14.9. The van der Waals surface area contributed by atoms with Crippen LogP contribution in [0.25, 0.3) is 0 Å². The van der Waals surface area contributed by atoms with Crippen LogP contribution in [0.2, 0.25) is 10.0 Å². The maximum atomic E-state index is 12.7. The van der Waals surface area contributed by atoms with Crippen molar-refractivity contribution in [3.63, 3.8) is 0 Å². The quantitative estimate of drug-likeness (QED) is 0.185. The van der Waals surface area contributed by atoms with Gasteiger partial charge in [0, 0.05) is 46.9 Å². The molecule has 0 saturated carbocycles. The molecule has 0 N–H and O–H groups in total. The Bertz CT molecular complexity index is 1300. The summed E-state index contributed by atoms with van der Waals surface area (Å²) >= 11 is 12.4. The molecule has 39 heavy (non-hydrogen) atoms. The minimum Gasteiger partial charge on any atom is -0.549 e. The van der Waals surface area contributed by atoms with Crippen LogP contribution in [-0.2, 0) is 11.2 Å². The van der Waals surface area contributed by atoms with Gasteiger partial charge in [-0.3, -0.25) is 9.18 Å². The maximum Gasteiger partial charge on any atom is 1.00 e. The van der Waals surface area contributed by atoms with E-state index in [0.29, 0.717) is 71.3 Å². The molecule has 200 valence electrons. The van der Waals surface area contributed by atoms with Crippen LogP contribution in [0.5, 0.6) is 23.0 Å². The van der Waals surface area contributed by atoms with Crippen LogP contribution in [0.3, 0.4) is 0 Å². The van der Waals surface area contributed by atoms with E-state index in [1.54, 1.807) is 42.5 Å². The minimum absolute atomic E-state index is 0. The van der Waals surface area contributed by atoms with E-state index < -0.39 is 18.6 Å². The number of aryl methyl sites for hydroxylation is 1. The molecule has 1 aliphatic rings. The molecule has 1 aliphatic heterocycles. The predicted molar refractivity (Wildman–Crippen MR) is 141 cm³/mol. The first kappa shape index (κ1) is 31.2. The molecule has 0 amide bonds. The fourth-order valence-electron chi connectivity index (χ4n) is 4.24. The topological polar surface area (TPSA) is 84.9 Å². The monoisotopic (exact) mass is 582 g/mol. The zero-order valence-corrected chi connectivity index (χ0v) is 25.0. The second-order valence-electron chi connectivity index (χ2n) is 8.88. The van der Waals surface area contributed by atoms with Gasteiger partial charge in [0.2, 0.25) is 0 Å². The van der Waals surface area contributed by atoms with E-state index in [-0.39, 0.29) is 53.6 Å². The normalized spacial score (nSPS) is 14.0. The number of fused-ring (bicyclic) bond motifs is 1. The van der Waals surface area contributed by atoms with Crippen LogP contribution in [0.4, 0.5) is 4.39 Å². The number of ketones is 1. The Hall–Kier alpha value is -2.29. The number of halogens is 3. The third kappa shape index (κ3) is 8.35. The molecule has 1 heterocycles. The van der Waals surface area contributed by atoms with Crippen LogP contribution in [0.15, 0.2) is 54.6 Å². The van der Waals surface area contributed by atoms with Crippen molar-refractivity contribution < 1.29 is 62.9 Å². The summed E-state index contributed by atoms with van der Waals surface area (Å²) in [6.07, 6.45) is 2.18. The van der Waals surface area contributed by atoms with E-state index in [1.165, 1.54) is 6.07 Å². The van der Waals surface area contributed by atoms with Crippen molar-refractivity contribution in [2.24, 2.45) is 0 Å². The molecule has 0 aromatic heterocycles. The van der Waals surface area contributed by atoms with Crippen molar-refractivity contribution in [3.8, 4) is 23.0 Å². The van der Waals surface area contributed by atoms with E-state index in [1.807, 2.05) is 6.07 Å². The first-order valence-corrected chi connectivity index (χ1v) is 13.1. The third-order valence-corrected chi connectivity index (χ3v) is 6.74. The number of hydrogen-bond acceptors (Lipinski definition) is 6. The van der Waals surface area contributed by atoms with E-state index in [0.717, 1.165) is 5.56 Å². The van der Waals surface area contributed by atoms with E-state index >= 15 is 0 Å². The zero-order valence-electron chi connectivity index (χ0n) is 21.5. The number of ether oxygens (including phenoxy) is 3. The van der Waals surface area contributed by atoms with Crippen molar-refractivity contribution in [1.29, 1.82) is 0 Å². The second-order valence-corrected chi connectivity index (χ2v) is 9.72. The molecule has 10 heteroatoms. The van der Waals surface area contributed by atoms with Gasteiger partial charge in [0.05, 0.1) is 24.9 Å². The number of carboxylic acid groups (broad SMARTS) is 1. The number of carbonyl (C=O) groups is 2. The fraction of sp³-hybridized carbons (Fsp3) is 0.310. The summed E-state index contributed by atoms with van der Waals surface area (Å²) in [4.78, 5) is 24.1. The number of benzene rings is 3. The molecular weight excluding hydrogens is 557 g/mol. The number of rotatable bonds is 12. The SMILES string of the molecule is O=C(CCCc1ccc(Cl)cc1OCCCF)c1ccc(Oc2cc3c(cc2Cl)C(C(=O)[O-])CCO3)cc1.[Na+]. The molecule has 3 aromatic rings. The Kier molecular flexibility index (Phi) is 11.9. The molecule has 3 aromatic carbocycles. The minimum atomic E-state index is -1.17. The third-order valence-electron chi connectivity index (χ3n) is 6.21. The van der Waals surface area contributed by atoms with Gasteiger partial charge < -0.3 is 24.1 Å². The molecule has 0 fully saturated rings. The summed E-state index contributed by atoms with van der Waals surface area (Å²) in [5.41, 5.74) is 1.93. The zero-order chi connectivity index (χ0) is 27.1. The van der Waals surface area contributed by atoms with Gasteiger partial charge in [-0.05, 0) is 67.3 Å². The van der Waals surface area contributed by atoms with E-state index in [9.17, 15) is 19.1 Å². The molecule has 0 spiro atoms. The van der Waals surface area contributed by atoms with Crippen LogP contribution in [-0.4, -0.2) is 31.6 Å². The molecule has 0 radical (unpaired) electrons. The number of carbonyl (C=O) groups excluding carboxylic acids is 2. The Morgan fingerprint density at radius 2 is 1.79 bits per heavy atom. The Labute approximate surface area is 258 Å². The van der Waals surface area contributed by atoms with E-state index in [2.05, 4.69) is 0 Å². The van der Waals surface area contributed by atoms with Crippen molar-refractivity contribution in [2.75, 3.05) is 19.9 Å². The van der Waals surface area contributed by atoms with Crippen molar-refractivity contribution in [2.45, 2.75) is 38.0 Å². The van der Waals surface area contributed by atoms with Gasteiger partial charge in [-0.2, -0.15) is 0 Å². The van der Waals surface area contributed by atoms with Crippen LogP contribution in [0, 0.1) is 0 Å². The Morgan fingerprint density at radius 3 is 2.51 bits per heavy atom. The molecule has 1 unspecified atom stereocenters. The summed E-state index contributed by atoms with van der Waals surface area (Å²) in [6, 6.07) is 15.1. The van der Waals surface area contributed by atoms with Crippen molar-refractivity contribution >= 4 is 35.0 Å². The van der Waals surface area contributed by atoms with Gasteiger partial charge in [-0.1, -0.05) is 29.3 Å². The molecule has 0 saturated heterocycles. The average molecular weight is 583 g/mol. The van der Waals surface area contributed by atoms with Gasteiger partial charge in [0.1, 0.15) is 23.0 Å². The van der Waals surface area contributed by atoms with Crippen LogP contribution < -0.4 is 48.9 Å². The van der Waals surface area contributed by atoms with Gasteiger partial charge in [0.15, 0.2) is 5.78 Å². The summed E-state index contributed by atoms with van der Waals surface area (Å²) in [5, 5.41) is 12.2. The molecule has 4 rings (SSSR count). The number of alkyl halides is 1. The summed E-state index contributed by atoms with van der Waals surface area (Å²) in [7, 11) is 0. The first-order chi connectivity index (χ1) is 18.4. The van der Waals surface area contributed by atoms with Crippen molar-refractivity contribution in [3.05, 3.63) is 81.3 Å². The largest absolute Gasteiger partial charge is 1.00 e. The fourth-order valence-corrected chi connectivity index (χ4v) is 4.61. The number of Topliss-reactive ketones (excluding diaryl/α,β-unsaturated/α-hetero) is 1. The predicted octanol–water partition coefficient (Wildman–Crippen LogP) is 3.35. The molecule has 0 aliphatic carbocycles. The molecule has 0 bridgehead atoms. The molecular formula is C29H26Cl2FNaO6. The van der Waals surface area contributed by atoms with Gasteiger partial charge in [0.25, 0.3) is 0 Å². The number of carboxylic acids is 1. The maximum absolute atomic E-state index is 12.7. The van der Waals surface area contributed by atoms with Gasteiger partial charge in [-0.15, -0.1) is 0 Å². The summed E-state index contributed by atoms with van der Waals surface area (Å²) in [6.45, 7) is 0.0738. The van der Waals surface area contributed by atoms with Gasteiger partial charge >= 0.3 is 29.6 Å². The summed E-state index contributed by atoms with van der Waals surface area (Å²) in [5.74, 6) is -0.178. The number of hydrogen-bond donors (Lipinski definition) is 0. The molecule has 1 atom stereocenters. The van der Waals surface area contributed by atoms with E-state index in [4.69, 9.17) is 37.4 Å². The van der Waals surface area contributed by atoms with Crippen LogP contribution in [0.1, 0.15) is 53.1 Å². The number of aliphatic carboxylic acids is 1. The summed E-state index contributed by atoms with van der Waals surface area (Å²) < 4.78 is 29.5. The first-order valence-electron chi connectivity index (χ1n) is 12.3. The average Bonchev–Trinajstić information content (AvgIpc) is 2.90. The smallest absolute Gasteiger partial charge is 0.549 e. The molecule has 6 nitrogen and oxygen atoms in total. The van der Waals surface area contributed by atoms with Crippen LogP contribution >= 0.6 is 23.2 Å². The Balaban J connectivity index is 0.00000420. The Morgan fingerprint density at radius 1 is 1.03 bits per heavy atom. The van der Waals surface area contributed by atoms with Gasteiger partial charge in [-0.25, -0.2) is 0 Å².